The zero-order valence-corrected chi connectivity index (χ0v) is 66.2. The van der Waals surface area contributed by atoms with E-state index < -0.39 is 91.5 Å². The average Bonchev–Trinajstić information content (AvgIpc) is 0.915. The Kier molecular flexibility index (Phi) is 73.6. The average molecular weight is 1480 g/mol. The molecule has 0 saturated heterocycles. The minimum absolute atomic E-state index is 0.0791. The summed E-state index contributed by atoms with van der Waals surface area (Å²) in [5, 5.41) is 20.6. The molecule has 5 unspecified atom stereocenters. The molecule has 0 rings (SSSR count). The van der Waals surface area contributed by atoms with Crippen LogP contribution in [0.15, 0.2) is 146 Å². The van der Waals surface area contributed by atoms with Gasteiger partial charge in [0.25, 0.3) is 0 Å². The third-order valence-electron chi connectivity index (χ3n) is 16.5. The first-order valence-electron chi connectivity index (χ1n) is 40.1. The van der Waals surface area contributed by atoms with Crippen LogP contribution in [-0.4, -0.2) is 95.9 Å². The second kappa shape index (κ2) is 77.1. The quantitative estimate of drug-likeness (QED) is 0.0146. The topological polar surface area (TPSA) is 231 Å². The van der Waals surface area contributed by atoms with Gasteiger partial charge in [-0.3, -0.25) is 32.5 Å². The molecule has 0 aliphatic rings. The van der Waals surface area contributed by atoms with Gasteiger partial charge in [-0.25, -0.2) is 9.13 Å². The van der Waals surface area contributed by atoms with E-state index in [4.69, 9.17) is 32.3 Å². The third kappa shape index (κ3) is 78.3. The maximum absolute atomic E-state index is 13.0. The van der Waals surface area contributed by atoms with E-state index in [0.29, 0.717) is 19.3 Å². The maximum Gasteiger partial charge on any atom is 0.472 e. The number of ether oxygens (including phenoxy) is 3. The summed E-state index contributed by atoms with van der Waals surface area (Å²) in [7, 11) is -9.80. The van der Waals surface area contributed by atoms with Crippen molar-refractivity contribution < 1.29 is 75.8 Å². The standard InChI is InChI=1S/C85H144O16P2/c1-4-7-10-13-16-19-22-25-28-30-32-34-36-37-38-39-40-41-43-45-46-48-51-53-56-59-62-65-68-71-83(88)95-74-80(86)75-97-102(91,92)98-76-81(87)77-99-103(93,94)100-79-82(101-85(90)73-70-67-64-61-58-55-50-27-24-21-18-15-12-9-6-3)78-96-84(89)72-69-66-63-60-57-54-52-49-47-44-42-35-33-31-29-26-23-20-17-14-11-8-5-2/h7,9-10,12,16-21,25-29,32-35,37-38,44,47,50,80-82,86-87H,4-6,8,11,13-15,22-24,30-31,36,39-43,45-46,48-49,51-79H2,1-3H3,(H,91,92)(H,93,94)/b10-7-,12-9-,19-16-,20-17-,21-18-,28-25-,29-26-,34-32-,35-33-,38-37-,47-44-,50-27-. The molecule has 0 spiro atoms. The van der Waals surface area contributed by atoms with Crippen LogP contribution in [0.25, 0.3) is 0 Å². The largest absolute Gasteiger partial charge is 0.472 e. The lowest BCUT2D eigenvalue weighted by Crippen LogP contribution is -2.30. The van der Waals surface area contributed by atoms with Crippen LogP contribution in [-0.2, 0) is 55.8 Å². The molecule has 0 aromatic rings. The third-order valence-corrected chi connectivity index (χ3v) is 18.4. The number of esters is 3. The summed E-state index contributed by atoms with van der Waals surface area (Å²) in [5.74, 6) is -1.61. The molecule has 0 heterocycles. The Hall–Kier alpha value is -4.57. The predicted octanol–water partition coefficient (Wildman–Crippen LogP) is 23.7. The number of allylic oxidation sites excluding steroid dienone is 24. The van der Waals surface area contributed by atoms with Crippen molar-refractivity contribution in [1.29, 1.82) is 0 Å². The summed E-state index contributed by atoms with van der Waals surface area (Å²) < 4.78 is 61.2. The highest BCUT2D eigenvalue weighted by molar-refractivity contribution is 7.47. The van der Waals surface area contributed by atoms with Crippen LogP contribution in [0.5, 0.6) is 0 Å². The smallest absolute Gasteiger partial charge is 0.463 e. The zero-order valence-electron chi connectivity index (χ0n) is 64.4. The number of aliphatic hydroxyl groups excluding tert-OH is 2. The Labute approximate surface area is 626 Å². The summed E-state index contributed by atoms with van der Waals surface area (Å²) in [6.45, 7) is 2.40. The number of hydrogen-bond acceptors (Lipinski definition) is 14. The second-order valence-electron chi connectivity index (χ2n) is 26.5. The SMILES string of the molecule is CC/C=C\C/C=C\C/C=C\C/C=C\C/C=C\CCCCCCCCCCCCCCCC(=O)OCC(O)COP(=O)(O)OCC(O)COP(=O)(O)OCC(COC(=O)CCCCCCCCC/C=C\C/C=C\C/C=C\C/C=C\CCCCC)OC(=O)CCCCCCC/C=C\C/C=C\C/C=C\CC. The Morgan fingerprint density at radius 2 is 0.515 bits per heavy atom. The lowest BCUT2D eigenvalue weighted by molar-refractivity contribution is -0.161. The highest BCUT2D eigenvalue weighted by Crippen LogP contribution is 2.45. The molecule has 0 aromatic carbocycles. The van der Waals surface area contributed by atoms with Gasteiger partial charge in [-0.2, -0.15) is 0 Å². The lowest BCUT2D eigenvalue weighted by Gasteiger charge is -2.21. The van der Waals surface area contributed by atoms with Gasteiger partial charge in [0.05, 0.1) is 26.4 Å². The Morgan fingerprint density at radius 1 is 0.282 bits per heavy atom. The van der Waals surface area contributed by atoms with E-state index >= 15 is 0 Å². The molecule has 5 atom stereocenters. The molecule has 0 aliphatic heterocycles. The molecule has 103 heavy (non-hydrogen) atoms. The number of hydrogen-bond donors (Lipinski definition) is 4. The number of carbonyl (C=O) groups is 3. The normalized spacial score (nSPS) is 14.7. The lowest BCUT2D eigenvalue weighted by atomic mass is 10.0. The van der Waals surface area contributed by atoms with E-state index in [1.165, 1.54) is 83.5 Å². The molecule has 16 nitrogen and oxygen atoms in total. The van der Waals surface area contributed by atoms with Crippen molar-refractivity contribution in [3.63, 3.8) is 0 Å². The van der Waals surface area contributed by atoms with Gasteiger partial charge >= 0.3 is 33.6 Å². The second-order valence-corrected chi connectivity index (χ2v) is 29.4. The van der Waals surface area contributed by atoms with Crippen LogP contribution in [0.2, 0.25) is 0 Å². The van der Waals surface area contributed by atoms with E-state index in [2.05, 4.69) is 167 Å². The fourth-order valence-electron chi connectivity index (χ4n) is 10.5. The van der Waals surface area contributed by atoms with E-state index in [0.717, 1.165) is 173 Å². The number of aliphatic hydroxyl groups is 2. The summed E-state index contributed by atoms with van der Waals surface area (Å²) in [6.07, 6.45) is 94.6. The summed E-state index contributed by atoms with van der Waals surface area (Å²) >= 11 is 0. The van der Waals surface area contributed by atoms with E-state index in [9.17, 15) is 43.5 Å². The van der Waals surface area contributed by atoms with Crippen LogP contribution in [0.4, 0.5) is 0 Å². The molecule has 0 aromatic heterocycles. The number of carbonyl (C=O) groups excluding carboxylic acids is 3. The van der Waals surface area contributed by atoms with Gasteiger partial charge < -0.3 is 34.2 Å². The molecular weight excluding hydrogens is 1340 g/mol. The Bertz CT molecular complexity index is 2450. The molecule has 0 aliphatic carbocycles. The molecule has 0 saturated carbocycles. The van der Waals surface area contributed by atoms with Crippen LogP contribution < -0.4 is 0 Å². The van der Waals surface area contributed by atoms with Gasteiger partial charge in [0.15, 0.2) is 6.10 Å². The zero-order chi connectivity index (χ0) is 75.2. The van der Waals surface area contributed by atoms with Crippen LogP contribution in [0, 0.1) is 0 Å². The fraction of sp³-hybridized carbons (Fsp3) is 0.682. The van der Waals surface area contributed by atoms with Gasteiger partial charge in [0.2, 0.25) is 0 Å². The van der Waals surface area contributed by atoms with Crippen molar-refractivity contribution in [2.45, 2.75) is 334 Å². The van der Waals surface area contributed by atoms with Crippen molar-refractivity contribution in [1.82, 2.24) is 0 Å². The highest BCUT2D eigenvalue weighted by atomic mass is 31.2. The molecule has 0 amide bonds. The molecule has 18 heteroatoms. The van der Waals surface area contributed by atoms with Gasteiger partial charge in [0.1, 0.15) is 25.4 Å². The molecule has 590 valence electrons. The highest BCUT2D eigenvalue weighted by Gasteiger charge is 2.29. The molecule has 4 N–H and O–H groups in total. The monoisotopic (exact) mass is 1480 g/mol. The van der Waals surface area contributed by atoms with Gasteiger partial charge in [-0.15, -0.1) is 0 Å². The number of unbranched alkanes of at least 4 members (excludes halogenated alkanes) is 28. The van der Waals surface area contributed by atoms with Crippen molar-refractivity contribution >= 4 is 33.6 Å². The molecular formula is C85H144O16P2. The van der Waals surface area contributed by atoms with Crippen molar-refractivity contribution in [2.24, 2.45) is 0 Å². The first-order chi connectivity index (χ1) is 50.2. The minimum atomic E-state index is -4.94. The van der Waals surface area contributed by atoms with E-state index in [1.54, 1.807) is 0 Å². The Balaban J connectivity index is 4.55. The summed E-state index contributed by atoms with van der Waals surface area (Å²) in [4.78, 5) is 58.7. The fourth-order valence-corrected chi connectivity index (χ4v) is 12.1. The van der Waals surface area contributed by atoms with Crippen molar-refractivity contribution in [3.05, 3.63) is 146 Å². The molecule has 0 radical (unpaired) electrons. The van der Waals surface area contributed by atoms with E-state index in [1.807, 2.05) is 0 Å². The van der Waals surface area contributed by atoms with Gasteiger partial charge in [-0.1, -0.05) is 301 Å². The molecule has 0 fully saturated rings. The maximum atomic E-state index is 13.0. The summed E-state index contributed by atoms with van der Waals surface area (Å²) in [6, 6.07) is 0. The van der Waals surface area contributed by atoms with Crippen LogP contribution in [0.3, 0.4) is 0 Å². The van der Waals surface area contributed by atoms with Gasteiger partial charge in [0, 0.05) is 19.3 Å². The number of phosphoric ester groups is 2. The first-order valence-corrected chi connectivity index (χ1v) is 43.1. The first kappa shape index (κ1) is 98.4. The van der Waals surface area contributed by atoms with Crippen molar-refractivity contribution in [2.75, 3.05) is 39.6 Å². The number of phosphoric acid groups is 2. The predicted molar refractivity (Wildman–Crippen MR) is 426 cm³/mol. The molecule has 0 bridgehead atoms. The summed E-state index contributed by atoms with van der Waals surface area (Å²) in [5.41, 5.74) is 0. The van der Waals surface area contributed by atoms with Gasteiger partial charge in [-0.05, 0) is 141 Å². The van der Waals surface area contributed by atoms with Crippen LogP contribution in [0.1, 0.15) is 316 Å². The minimum Gasteiger partial charge on any atom is -0.463 e. The van der Waals surface area contributed by atoms with Crippen LogP contribution >= 0.6 is 15.6 Å². The number of rotatable bonds is 75. The van der Waals surface area contributed by atoms with Crippen molar-refractivity contribution in [3.8, 4) is 0 Å². The van der Waals surface area contributed by atoms with E-state index in [-0.39, 0.29) is 19.3 Å². The Morgan fingerprint density at radius 3 is 0.816 bits per heavy atom.